The summed E-state index contributed by atoms with van der Waals surface area (Å²) in [4.78, 5) is 10.4. The molecule has 0 atom stereocenters. The zero-order valence-corrected chi connectivity index (χ0v) is 12.0. The van der Waals surface area contributed by atoms with Crippen LogP contribution in [-0.2, 0) is 11.2 Å². The molecule has 0 saturated carbocycles. The van der Waals surface area contributed by atoms with Crippen LogP contribution >= 0.6 is 23.1 Å². The second-order valence-electron chi connectivity index (χ2n) is 3.82. The van der Waals surface area contributed by atoms with Gasteiger partial charge in [0.1, 0.15) is 5.82 Å². The van der Waals surface area contributed by atoms with Crippen LogP contribution in [0.2, 0.25) is 0 Å². The Morgan fingerprint density at radius 2 is 2.20 bits per heavy atom. The van der Waals surface area contributed by atoms with Gasteiger partial charge in [0.15, 0.2) is 4.34 Å². The highest BCUT2D eigenvalue weighted by molar-refractivity contribution is 8.01. The molecule has 20 heavy (non-hydrogen) atoms. The molecule has 8 heteroatoms. The number of nitrogens with zero attached hydrogens (tertiary/aromatic N) is 2. The summed E-state index contributed by atoms with van der Waals surface area (Å²) in [6.45, 7) is 0.541. The van der Waals surface area contributed by atoms with E-state index in [2.05, 4.69) is 15.5 Å². The van der Waals surface area contributed by atoms with Crippen molar-refractivity contribution >= 4 is 34.2 Å². The van der Waals surface area contributed by atoms with E-state index in [1.54, 1.807) is 18.2 Å². The van der Waals surface area contributed by atoms with Crippen LogP contribution in [0.4, 0.5) is 9.52 Å². The number of hydrogen-bond donors (Lipinski definition) is 2. The van der Waals surface area contributed by atoms with Gasteiger partial charge in [-0.1, -0.05) is 41.3 Å². The molecule has 0 aliphatic heterocycles. The lowest BCUT2D eigenvalue weighted by molar-refractivity contribution is -0.133. The normalized spacial score (nSPS) is 10.4. The quantitative estimate of drug-likeness (QED) is 0.765. The maximum absolute atomic E-state index is 13.4. The molecule has 0 unspecified atom stereocenters. The molecular weight excluding hydrogens is 301 g/mol. The van der Waals surface area contributed by atoms with Crippen LogP contribution in [-0.4, -0.2) is 33.6 Å². The molecule has 2 rings (SSSR count). The molecule has 2 N–H and O–H groups in total. The Hall–Kier alpha value is -1.67. The van der Waals surface area contributed by atoms with Gasteiger partial charge in [-0.05, 0) is 18.1 Å². The van der Waals surface area contributed by atoms with Crippen LogP contribution in [0.1, 0.15) is 5.56 Å². The fourth-order valence-electron chi connectivity index (χ4n) is 1.47. The second kappa shape index (κ2) is 7.20. The first-order valence-corrected chi connectivity index (χ1v) is 7.61. The highest BCUT2D eigenvalue weighted by Crippen LogP contribution is 2.25. The molecule has 0 fully saturated rings. The van der Waals surface area contributed by atoms with Crippen molar-refractivity contribution in [2.24, 2.45) is 0 Å². The lowest BCUT2D eigenvalue weighted by Crippen LogP contribution is -2.05. The number of halogens is 1. The highest BCUT2D eigenvalue weighted by atomic mass is 32.2. The number of carbonyl (C=O) groups is 1. The smallest absolute Gasteiger partial charge is 0.313 e. The summed E-state index contributed by atoms with van der Waals surface area (Å²) < 4.78 is 14.0. The second-order valence-corrected chi connectivity index (χ2v) is 6.02. The van der Waals surface area contributed by atoms with Crippen LogP contribution in [0.3, 0.4) is 0 Å². The third-order valence-corrected chi connectivity index (χ3v) is 4.35. The van der Waals surface area contributed by atoms with E-state index in [4.69, 9.17) is 5.11 Å². The predicted octanol–water partition coefficient (Wildman–Crippen LogP) is 2.51. The summed E-state index contributed by atoms with van der Waals surface area (Å²) in [5.74, 6) is -1.15. The molecule has 0 saturated heterocycles. The minimum Gasteiger partial charge on any atom is -0.481 e. The standard InChI is InChI=1S/C12H12FN3O2S2/c13-9-4-2-1-3-8(9)5-6-14-11-15-16-12(20-11)19-7-10(17)18/h1-4H,5-7H2,(H,14,15)(H,17,18). The molecular formula is C12H12FN3O2S2. The lowest BCUT2D eigenvalue weighted by atomic mass is 10.1. The average Bonchev–Trinajstić information content (AvgIpc) is 2.87. The molecule has 0 bridgehead atoms. The van der Waals surface area contributed by atoms with E-state index in [1.165, 1.54) is 17.4 Å². The highest BCUT2D eigenvalue weighted by Gasteiger charge is 2.07. The number of aliphatic carboxylic acids is 1. The van der Waals surface area contributed by atoms with Crippen molar-refractivity contribution in [3.63, 3.8) is 0 Å². The molecule has 2 aromatic rings. The predicted molar refractivity (Wildman–Crippen MR) is 76.9 cm³/mol. The van der Waals surface area contributed by atoms with E-state index in [9.17, 15) is 9.18 Å². The largest absolute Gasteiger partial charge is 0.481 e. The monoisotopic (exact) mass is 313 g/mol. The summed E-state index contributed by atoms with van der Waals surface area (Å²) in [6, 6.07) is 6.62. The van der Waals surface area contributed by atoms with Crippen molar-refractivity contribution in [1.82, 2.24) is 10.2 Å². The summed E-state index contributed by atoms with van der Waals surface area (Å²) in [5.41, 5.74) is 0.644. The van der Waals surface area contributed by atoms with E-state index in [-0.39, 0.29) is 11.6 Å². The van der Waals surface area contributed by atoms with Gasteiger partial charge < -0.3 is 10.4 Å². The summed E-state index contributed by atoms with van der Waals surface area (Å²) in [7, 11) is 0. The molecule has 0 amide bonds. The Balaban J connectivity index is 1.80. The molecule has 0 aliphatic rings. The summed E-state index contributed by atoms with van der Waals surface area (Å²) >= 11 is 2.41. The van der Waals surface area contributed by atoms with Gasteiger partial charge in [0.05, 0.1) is 5.75 Å². The van der Waals surface area contributed by atoms with Gasteiger partial charge >= 0.3 is 5.97 Å². The molecule has 1 heterocycles. The van der Waals surface area contributed by atoms with E-state index in [1.807, 2.05) is 0 Å². The topological polar surface area (TPSA) is 75.1 Å². The van der Waals surface area contributed by atoms with Crippen LogP contribution in [0.15, 0.2) is 28.6 Å². The molecule has 5 nitrogen and oxygen atoms in total. The van der Waals surface area contributed by atoms with Crippen LogP contribution in [0, 0.1) is 5.82 Å². The first-order valence-electron chi connectivity index (χ1n) is 5.80. The third kappa shape index (κ3) is 4.46. The molecule has 0 radical (unpaired) electrons. The van der Waals surface area contributed by atoms with E-state index >= 15 is 0 Å². The number of aromatic nitrogens is 2. The lowest BCUT2D eigenvalue weighted by Gasteiger charge is -2.03. The summed E-state index contributed by atoms with van der Waals surface area (Å²) in [6.07, 6.45) is 0.545. The summed E-state index contributed by atoms with van der Waals surface area (Å²) in [5, 5.41) is 20.0. The number of nitrogens with one attached hydrogen (secondary N) is 1. The van der Waals surface area contributed by atoms with Crippen molar-refractivity contribution in [3.8, 4) is 0 Å². The molecule has 0 spiro atoms. The van der Waals surface area contributed by atoms with Crippen molar-refractivity contribution in [2.75, 3.05) is 17.6 Å². The first-order chi connectivity index (χ1) is 9.65. The van der Waals surface area contributed by atoms with E-state index in [0.717, 1.165) is 11.8 Å². The fourth-order valence-corrected chi connectivity index (χ4v) is 2.97. The average molecular weight is 313 g/mol. The molecule has 106 valence electrons. The van der Waals surface area contributed by atoms with Gasteiger partial charge in [-0.25, -0.2) is 4.39 Å². The number of anilines is 1. The number of carboxylic acids is 1. The van der Waals surface area contributed by atoms with Gasteiger partial charge in [-0.15, -0.1) is 10.2 Å². The zero-order chi connectivity index (χ0) is 14.4. The van der Waals surface area contributed by atoms with Crippen LogP contribution in [0.5, 0.6) is 0 Å². The van der Waals surface area contributed by atoms with Crippen molar-refractivity contribution in [3.05, 3.63) is 35.6 Å². The zero-order valence-electron chi connectivity index (χ0n) is 10.4. The Morgan fingerprint density at radius 1 is 1.40 bits per heavy atom. The van der Waals surface area contributed by atoms with Crippen LogP contribution in [0.25, 0.3) is 0 Å². The Kier molecular flexibility index (Phi) is 5.31. The Bertz CT molecular complexity index is 592. The third-order valence-electron chi connectivity index (χ3n) is 2.35. The number of benzene rings is 1. The van der Waals surface area contributed by atoms with Crippen molar-refractivity contribution in [1.29, 1.82) is 0 Å². The fraction of sp³-hybridized carbons (Fsp3) is 0.250. The minimum absolute atomic E-state index is 0.0378. The SMILES string of the molecule is O=C(O)CSc1nnc(NCCc2ccccc2F)s1. The van der Waals surface area contributed by atoms with Crippen molar-refractivity contribution < 1.29 is 14.3 Å². The molecule has 1 aromatic heterocycles. The molecule has 0 aliphatic carbocycles. The van der Waals surface area contributed by atoms with Gasteiger partial charge in [-0.2, -0.15) is 0 Å². The van der Waals surface area contributed by atoms with Gasteiger partial charge in [-0.3, -0.25) is 4.79 Å². The number of thioether (sulfide) groups is 1. The Labute approximate surface area is 123 Å². The van der Waals surface area contributed by atoms with Gasteiger partial charge in [0, 0.05) is 6.54 Å². The van der Waals surface area contributed by atoms with Crippen LogP contribution < -0.4 is 5.32 Å². The molecule has 1 aromatic carbocycles. The Morgan fingerprint density at radius 3 is 2.95 bits per heavy atom. The maximum Gasteiger partial charge on any atom is 0.313 e. The number of carboxylic acid groups (broad SMARTS) is 1. The number of hydrogen-bond acceptors (Lipinski definition) is 6. The van der Waals surface area contributed by atoms with E-state index < -0.39 is 5.97 Å². The van der Waals surface area contributed by atoms with Gasteiger partial charge in [0.25, 0.3) is 0 Å². The number of rotatable bonds is 7. The van der Waals surface area contributed by atoms with E-state index in [0.29, 0.717) is 28.0 Å². The maximum atomic E-state index is 13.4. The minimum atomic E-state index is -0.890. The van der Waals surface area contributed by atoms with Gasteiger partial charge in [0.2, 0.25) is 5.13 Å². The first kappa shape index (κ1) is 14.7. The van der Waals surface area contributed by atoms with Crippen molar-refractivity contribution in [2.45, 2.75) is 10.8 Å².